The van der Waals surface area contributed by atoms with E-state index in [0.29, 0.717) is 11.4 Å². The molecule has 0 aliphatic rings. The molecule has 0 spiro atoms. The molecule has 1 atom stereocenters. The minimum Gasteiger partial charge on any atom is -0.322 e. The number of rotatable bonds is 4. The maximum Gasteiger partial charge on any atom is 0.0952 e. The highest BCUT2D eigenvalue weighted by Gasteiger charge is 2.12. The molecule has 1 unspecified atom stereocenters. The van der Waals surface area contributed by atoms with Gasteiger partial charge in [0.15, 0.2) is 0 Å². The van der Waals surface area contributed by atoms with Gasteiger partial charge in [-0.25, -0.2) is 4.98 Å². The highest BCUT2D eigenvalue weighted by molar-refractivity contribution is 7.09. The van der Waals surface area contributed by atoms with Crippen molar-refractivity contribution < 1.29 is 0 Å². The van der Waals surface area contributed by atoms with Gasteiger partial charge in [0.1, 0.15) is 0 Å². The average molecular weight is 316 g/mol. The fourth-order valence-electron chi connectivity index (χ4n) is 2.05. The summed E-state index contributed by atoms with van der Waals surface area (Å²) >= 11 is 7.46. The van der Waals surface area contributed by atoms with Crippen molar-refractivity contribution in [1.29, 1.82) is 0 Å². The molecule has 3 rings (SSSR count). The second-order valence-corrected chi connectivity index (χ2v) is 6.08. The third-order valence-corrected chi connectivity index (χ3v) is 4.24. The summed E-state index contributed by atoms with van der Waals surface area (Å²) in [6.07, 6.45) is 2.29. The number of benzene rings is 1. The van der Waals surface area contributed by atoms with Crippen LogP contribution in [0.5, 0.6) is 0 Å². The van der Waals surface area contributed by atoms with Gasteiger partial charge in [-0.1, -0.05) is 41.9 Å². The molecule has 0 saturated heterocycles. The first kappa shape index (κ1) is 14.2. The van der Waals surface area contributed by atoms with E-state index in [9.17, 15) is 0 Å². The van der Waals surface area contributed by atoms with Crippen LogP contribution in [0.2, 0.25) is 5.02 Å². The Bertz CT molecular complexity index is 710. The van der Waals surface area contributed by atoms with Crippen molar-refractivity contribution in [2.24, 2.45) is 5.73 Å². The summed E-state index contributed by atoms with van der Waals surface area (Å²) in [5.41, 5.74) is 9.13. The molecule has 0 bridgehead atoms. The van der Waals surface area contributed by atoms with Gasteiger partial charge in [0.25, 0.3) is 0 Å². The predicted molar refractivity (Wildman–Crippen MR) is 87.4 cm³/mol. The summed E-state index contributed by atoms with van der Waals surface area (Å²) in [6.45, 7) is 0. The molecule has 2 aromatic heterocycles. The molecular formula is C16H14ClN3S. The average Bonchev–Trinajstić information content (AvgIpc) is 2.97. The molecule has 3 nitrogen and oxygen atoms in total. The van der Waals surface area contributed by atoms with Crippen LogP contribution in [-0.2, 0) is 6.42 Å². The van der Waals surface area contributed by atoms with Crippen molar-refractivity contribution >= 4 is 22.9 Å². The van der Waals surface area contributed by atoms with Crippen LogP contribution in [0.4, 0.5) is 0 Å². The van der Waals surface area contributed by atoms with Crippen LogP contribution >= 0.6 is 22.9 Å². The summed E-state index contributed by atoms with van der Waals surface area (Å²) in [7, 11) is 0. The molecule has 0 aliphatic heterocycles. The molecule has 0 radical (unpaired) electrons. The zero-order valence-electron chi connectivity index (χ0n) is 11.2. The number of aromatic nitrogens is 2. The maximum absolute atomic E-state index is 6.19. The van der Waals surface area contributed by atoms with Crippen LogP contribution in [0.3, 0.4) is 0 Å². The van der Waals surface area contributed by atoms with Crippen molar-refractivity contribution in [3.63, 3.8) is 0 Å². The Balaban J connectivity index is 1.74. The Kier molecular flexibility index (Phi) is 4.29. The van der Waals surface area contributed by atoms with Crippen LogP contribution in [0.25, 0.3) is 11.3 Å². The second kappa shape index (κ2) is 6.35. The first-order valence-electron chi connectivity index (χ1n) is 6.59. The molecule has 0 saturated carbocycles. The predicted octanol–water partition coefficient (Wildman–Crippen LogP) is 4.10. The number of hydrogen-bond acceptors (Lipinski definition) is 4. The maximum atomic E-state index is 6.19. The van der Waals surface area contributed by atoms with Gasteiger partial charge < -0.3 is 5.73 Å². The SMILES string of the molecule is NC(Cc1nc(-c2ccccc2)cs1)c1ccc(Cl)cn1. The quantitative estimate of drug-likeness (QED) is 0.788. The largest absolute Gasteiger partial charge is 0.322 e. The molecule has 0 amide bonds. The van der Waals surface area contributed by atoms with E-state index in [0.717, 1.165) is 22.0 Å². The van der Waals surface area contributed by atoms with Gasteiger partial charge in [-0.05, 0) is 12.1 Å². The third-order valence-electron chi connectivity index (χ3n) is 3.15. The third kappa shape index (κ3) is 3.47. The zero-order valence-corrected chi connectivity index (χ0v) is 12.8. The first-order chi connectivity index (χ1) is 10.2. The smallest absolute Gasteiger partial charge is 0.0952 e. The number of nitrogens with zero attached hydrogens (tertiary/aromatic N) is 2. The Labute approximate surface area is 132 Å². The number of halogens is 1. The molecule has 2 N–H and O–H groups in total. The van der Waals surface area contributed by atoms with Crippen LogP contribution in [0, 0.1) is 0 Å². The number of pyridine rings is 1. The molecule has 3 aromatic rings. The zero-order chi connectivity index (χ0) is 14.7. The normalized spacial score (nSPS) is 12.3. The van der Waals surface area contributed by atoms with Gasteiger partial charge in [-0.2, -0.15) is 0 Å². The highest BCUT2D eigenvalue weighted by Crippen LogP contribution is 2.24. The van der Waals surface area contributed by atoms with Crippen molar-refractivity contribution in [3.05, 3.63) is 69.8 Å². The lowest BCUT2D eigenvalue weighted by Gasteiger charge is -2.08. The second-order valence-electron chi connectivity index (χ2n) is 4.70. The Morgan fingerprint density at radius 2 is 1.95 bits per heavy atom. The molecule has 106 valence electrons. The minimum atomic E-state index is -0.169. The lowest BCUT2D eigenvalue weighted by molar-refractivity contribution is 0.693. The Morgan fingerprint density at radius 1 is 1.14 bits per heavy atom. The van der Waals surface area contributed by atoms with Gasteiger partial charge >= 0.3 is 0 Å². The number of thiazole rings is 1. The van der Waals surface area contributed by atoms with Crippen molar-refractivity contribution in [2.45, 2.75) is 12.5 Å². The molecule has 0 aliphatic carbocycles. The summed E-state index contributed by atoms with van der Waals surface area (Å²) in [4.78, 5) is 8.91. The first-order valence-corrected chi connectivity index (χ1v) is 7.85. The van der Waals surface area contributed by atoms with Gasteiger partial charge in [0, 0.05) is 23.6 Å². The number of hydrogen-bond donors (Lipinski definition) is 1. The molecular weight excluding hydrogens is 302 g/mol. The van der Waals surface area contributed by atoms with Crippen LogP contribution in [0.15, 0.2) is 54.0 Å². The van der Waals surface area contributed by atoms with Gasteiger partial charge in [0.2, 0.25) is 0 Å². The molecule has 5 heteroatoms. The van der Waals surface area contributed by atoms with E-state index in [1.54, 1.807) is 23.6 Å². The molecule has 2 heterocycles. The standard InChI is InChI=1S/C16H14ClN3S/c17-12-6-7-14(19-9-12)13(18)8-16-20-15(10-21-16)11-4-2-1-3-5-11/h1-7,9-10,13H,8,18H2. The van der Waals surface area contributed by atoms with Crippen LogP contribution in [-0.4, -0.2) is 9.97 Å². The van der Waals surface area contributed by atoms with E-state index >= 15 is 0 Å². The Morgan fingerprint density at radius 3 is 2.67 bits per heavy atom. The van der Waals surface area contributed by atoms with Crippen LogP contribution in [0.1, 0.15) is 16.7 Å². The summed E-state index contributed by atoms with van der Waals surface area (Å²) in [5.74, 6) is 0. The van der Waals surface area contributed by atoms with Gasteiger partial charge in [-0.3, -0.25) is 4.98 Å². The summed E-state index contributed by atoms with van der Waals surface area (Å²) < 4.78 is 0. The molecule has 1 aromatic carbocycles. The molecule has 0 fully saturated rings. The lowest BCUT2D eigenvalue weighted by atomic mass is 10.1. The van der Waals surface area contributed by atoms with Crippen molar-refractivity contribution in [3.8, 4) is 11.3 Å². The van der Waals surface area contributed by atoms with E-state index in [2.05, 4.69) is 27.5 Å². The van der Waals surface area contributed by atoms with E-state index in [1.807, 2.05) is 24.3 Å². The lowest BCUT2D eigenvalue weighted by Crippen LogP contribution is -2.14. The fraction of sp³-hybridized carbons (Fsp3) is 0.125. The van der Waals surface area contributed by atoms with Crippen LogP contribution < -0.4 is 5.73 Å². The topological polar surface area (TPSA) is 51.8 Å². The van der Waals surface area contributed by atoms with Crippen molar-refractivity contribution in [1.82, 2.24) is 9.97 Å². The van der Waals surface area contributed by atoms with E-state index < -0.39 is 0 Å². The van der Waals surface area contributed by atoms with Gasteiger partial charge in [0.05, 0.1) is 27.5 Å². The monoisotopic (exact) mass is 315 g/mol. The van der Waals surface area contributed by atoms with Crippen molar-refractivity contribution in [2.75, 3.05) is 0 Å². The summed E-state index contributed by atoms with van der Waals surface area (Å²) in [5, 5.41) is 3.69. The summed E-state index contributed by atoms with van der Waals surface area (Å²) in [6, 6.07) is 13.6. The van der Waals surface area contributed by atoms with E-state index in [4.69, 9.17) is 17.3 Å². The Hall–Kier alpha value is -1.75. The minimum absolute atomic E-state index is 0.169. The molecule has 21 heavy (non-hydrogen) atoms. The number of nitrogens with two attached hydrogens (primary N) is 1. The highest BCUT2D eigenvalue weighted by atomic mass is 35.5. The van der Waals surface area contributed by atoms with Gasteiger partial charge in [-0.15, -0.1) is 11.3 Å². The fourth-order valence-corrected chi connectivity index (χ4v) is 3.02. The van der Waals surface area contributed by atoms with E-state index in [-0.39, 0.29) is 6.04 Å². The van der Waals surface area contributed by atoms with E-state index in [1.165, 1.54) is 0 Å².